The largest absolute Gasteiger partial charge is 0.507 e. The van der Waals surface area contributed by atoms with Crippen molar-refractivity contribution in [2.24, 2.45) is 5.10 Å². The van der Waals surface area contributed by atoms with Gasteiger partial charge >= 0.3 is 0 Å². The first kappa shape index (κ1) is 20.9. The molecule has 7 nitrogen and oxygen atoms in total. The van der Waals surface area contributed by atoms with Crippen LogP contribution in [0, 0.1) is 0 Å². The molecule has 0 radical (unpaired) electrons. The molecule has 1 amide bonds. The monoisotopic (exact) mass is 426 g/mol. The van der Waals surface area contributed by atoms with Crippen LogP contribution in [0.4, 0.5) is 0 Å². The number of rotatable bonds is 7. The normalized spacial score (nSPS) is 11.2. The van der Waals surface area contributed by atoms with Crippen molar-refractivity contribution in [2.75, 3.05) is 0 Å². The van der Waals surface area contributed by atoms with Gasteiger partial charge in [-0.2, -0.15) is 10.2 Å². The number of nitrogens with zero attached hydrogens (tertiary/aromatic N) is 2. The first-order chi connectivity index (χ1) is 15.6. The lowest BCUT2D eigenvalue weighted by atomic mass is 10.1. The van der Waals surface area contributed by atoms with Gasteiger partial charge in [0.25, 0.3) is 5.91 Å². The predicted molar refractivity (Wildman–Crippen MR) is 123 cm³/mol. The lowest BCUT2D eigenvalue weighted by Gasteiger charge is -2.07. The maximum atomic E-state index is 12.5. The van der Waals surface area contributed by atoms with Gasteiger partial charge in [0.05, 0.1) is 11.4 Å². The minimum Gasteiger partial charge on any atom is -0.507 e. The number of phenolic OH excluding ortho intramolecular Hbond substituents is 1. The molecule has 160 valence electrons. The summed E-state index contributed by atoms with van der Waals surface area (Å²) in [6, 6.07) is 25.9. The van der Waals surface area contributed by atoms with Crippen molar-refractivity contribution in [3.05, 3.63) is 102 Å². The fourth-order valence-corrected chi connectivity index (χ4v) is 3.11. The van der Waals surface area contributed by atoms with E-state index in [2.05, 4.69) is 20.7 Å². The van der Waals surface area contributed by atoms with E-state index in [0.29, 0.717) is 29.3 Å². The topological polar surface area (TPSA) is 99.6 Å². The first-order valence-corrected chi connectivity index (χ1v) is 10.1. The maximum absolute atomic E-state index is 12.5. The molecule has 3 aromatic carbocycles. The van der Waals surface area contributed by atoms with Crippen LogP contribution < -0.4 is 10.2 Å². The molecule has 0 aliphatic carbocycles. The highest BCUT2D eigenvalue weighted by Gasteiger charge is 2.12. The van der Waals surface area contributed by atoms with E-state index >= 15 is 0 Å². The summed E-state index contributed by atoms with van der Waals surface area (Å²) in [5, 5.41) is 20.9. The number of amides is 1. The van der Waals surface area contributed by atoms with Crippen LogP contribution in [0.2, 0.25) is 0 Å². The third-order valence-electron chi connectivity index (χ3n) is 4.82. The quantitative estimate of drug-likeness (QED) is 0.299. The molecule has 0 aliphatic rings. The van der Waals surface area contributed by atoms with Crippen LogP contribution in [0.15, 0.2) is 90.0 Å². The van der Waals surface area contributed by atoms with Crippen LogP contribution in [0.1, 0.15) is 28.5 Å². The van der Waals surface area contributed by atoms with Crippen molar-refractivity contribution < 1.29 is 14.6 Å². The summed E-state index contributed by atoms with van der Waals surface area (Å²) in [6.45, 7) is 2.17. The van der Waals surface area contributed by atoms with Crippen molar-refractivity contribution in [3.63, 3.8) is 0 Å². The smallest absolute Gasteiger partial charge is 0.289 e. The minimum atomic E-state index is -0.435. The SMILES string of the molecule is C/C(=N/NC(=O)c1cc(-c2cccc(OCc3ccccc3)c2)n[nH]1)c1ccccc1O. The number of aromatic nitrogens is 2. The highest BCUT2D eigenvalue weighted by Crippen LogP contribution is 2.23. The summed E-state index contributed by atoms with van der Waals surface area (Å²) >= 11 is 0. The number of benzene rings is 3. The van der Waals surface area contributed by atoms with Gasteiger partial charge < -0.3 is 9.84 Å². The van der Waals surface area contributed by atoms with Gasteiger partial charge in [-0.1, -0.05) is 54.6 Å². The van der Waals surface area contributed by atoms with Gasteiger partial charge in [0.2, 0.25) is 0 Å². The fraction of sp³-hybridized carbons (Fsp3) is 0.0800. The van der Waals surface area contributed by atoms with Crippen LogP contribution >= 0.6 is 0 Å². The van der Waals surface area contributed by atoms with E-state index in [0.717, 1.165) is 11.1 Å². The number of hydrogen-bond donors (Lipinski definition) is 3. The number of aromatic hydroxyl groups is 1. The second-order valence-electron chi connectivity index (χ2n) is 7.12. The number of carbonyl (C=O) groups is 1. The summed E-state index contributed by atoms with van der Waals surface area (Å²) in [7, 11) is 0. The predicted octanol–water partition coefficient (Wildman–Crippen LogP) is 4.52. The second kappa shape index (κ2) is 9.61. The summed E-state index contributed by atoms with van der Waals surface area (Å²) in [4.78, 5) is 12.5. The Hall–Kier alpha value is -4.39. The molecule has 7 heteroatoms. The third kappa shape index (κ3) is 5.02. The van der Waals surface area contributed by atoms with Gasteiger partial charge in [-0.3, -0.25) is 9.89 Å². The molecule has 1 aromatic heterocycles. The van der Waals surface area contributed by atoms with Crippen molar-refractivity contribution >= 4 is 11.6 Å². The molecule has 0 unspecified atom stereocenters. The van der Waals surface area contributed by atoms with Gasteiger partial charge in [-0.25, -0.2) is 5.43 Å². The van der Waals surface area contributed by atoms with Crippen molar-refractivity contribution in [1.82, 2.24) is 15.6 Å². The first-order valence-electron chi connectivity index (χ1n) is 10.1. The zero-order chi connectivity index (χ0) is 22.3. The molecule has 0 saturated heterocycles. The van der Waals surface area contributed by atoms with Crippen LogP contribution in [-0.2, 0) is 6.61 Å². The fourth-order valence-electron chi connectivity index (χ4n) is 3.11. The van der Waals surface area contributed by atoms with Crippen molar-refractivity contribution in [3.8, 4) is 22.8 Å². The Morgan fingerprint density at radius 2 is 1.81 bits per heavy atom. The standard InChI is InChI=1S/C25H22N4O3/c1-17(21-12-5-6-13-24(21)30)26-29-25(31)23-15-22(27-28-23)19-10-7-11-20(14-19)32-16-18-8-3-2-4-9-18/h2-15,30H,16H2,1H3,(H,27,28)(H,29,31)/b26-17-. The number of carbonyl (C=O) groups excluding carboxylic acids is 1. The van der Waals surface area contributed by atoms with E-state index in [-0.39, 0.29) is 11.4 Å². The molecule has 32 heavy (non-hydrogen) atoms. The summed E-state index contributed by atoms with van der Waals surface area (Å²) < 4.78 is 5.87. The van der Waals surface area contributed by atoms with Crippen LogP contribution in [0.5, 0.6) is 11.5 Å². The van der Waals surface area contributed by atoms with E-state index in [1.807, 2.05) is 54.6 Å². The Balaban J connectivity index is 1.42. The zero-order valence-corrected chi connectivity index (χ0v) is 17.4. The lowest BCUT2D eigenvalue weighted by molar-refractivity contribution is 0.0950. The molecule has 0 bridgehead atoms. The maximum Gasteiger partial charge on any atom is 0.289 e. The number of nitrogens with one attached hydrogen (secondary N) is 2. The Morgan fingerprint density at radius 1 is 1.03 bits per heavy atom. The molecular weight excluding hydrogens is 404 g/mol. The number of aromatic amines is 1. The minimum absolute atomic E-state index is 0.0983. The molecule has 0 saturated carbocycles. The Bertz CT molecular complexity index is 1250. The highest BCUT2D eigenvalue weighted by molar-refractivity contribution is 6.02. The van der Waals surface area contributed by atoms with E-state index in [1.165, 1.54) is 0 Å². The average molecular weight is 426 g/mol. The molecule has 4 aromatic rings. The lowest BCUT2D eigenvalue weighted by Crippen LogP contribution is -2.19. The van der Waals surface area contributed by atoms with E-state index in [4.69, 9.17) is 4.74 Å². The van der Waals surface area contributed by atoms with E-state index in [1.54, 1.807) is 37.3 Å². The second-order valence-corrected chi connectivity index (χ2v) is 7.12. The van der Waals surface area contributed by atoms with Gasteiger partial charge in [0, 0.05) is 11.1 Å². The highest BCUT2D eigenvalue weighted by atomic mass is 16.5. The summed E-state index contributed by atoms with van der Waals surface area (Å²) in [5.41, 5.74) is 6.29. The summed E-state index contributed by atoms with van der Waals surface area (Å²) in [5.74, 6) is 0.374. The van der Waals surface area contributed by atoms with E-state index < -0.39 is 5.91 Å². The Kier molecular flexibility index (Phi) is 6.27. The molecular formula is C25H22N4O3. The Morgan fingerprint density at radius 3 is 2.62 bits per heavy atom. The van der Waals surface area contributed by atoms with Crippen molar-refractivity contribution in [1.29, 1.82) is 0 Å². The number of H-pyrrole nitrogens is 1. The molecule has 0 fully saturated rings. The molecule has 1 heterocycles. The van der Waals surface area contributed by atoms with Gasteiger partial charge in [0.15, 0.2) is 0 Å². The number of para-hydroxylation sites is 1. The molecule has 4 rings (SSSR count). The summed E-state index contributed by atoms with van der Waals surface area (Å²) in [6.07, 6.45) is 0. The van der Waals surface area contributed by atoms with Gasteiger partial charge in [-0.05, 0) is 42.8 Å². The van der Waals surface area contributed by atoms with E-state index in [9.17, 15) is 9.90 Å². The van der Waals surface area contributed by atoms with Gasteiger partial charge in [0.1, 0.15) is 23.8 Å². The van der Waals surface area contributed by atoms with Crippen LogP contribution in [0.3, 0.4) is 0 Å². The number of hydrazone groups is 1. The van der Waals surface area contributed by atoms with Gasteiger partial charge in [-0.15, -0.1) is 0 Å². The number of ether oxygens (including phenoxy) is 1. The molecule has 0 atom stereocenters. The Labute approximate surface area is 185 Å². The van der Waals surface area contributed by atoms with Crippen molar-refractivity contribution in [2.45, 2.75) is 13.5 Å². The number of phenols is 1. The third-order valence-corrected chi connectivity index (χ3v) is 4.82. The molecule has 0 spiro atoms. The average Bonchev–Trinajstić information content (AvgIpc) is 3.33. The zero-order valence-electron chi connectivity index (χ0n) is 17.4. The molecule has 0 aliphatic heterocycles. The molecule has 3 N–H and O–H groups in total. The van der Waals surface area contributed by atoms with Crippen LogP contribution in [0.25, 0.3) is 11.3 Å². The number of hydrogen-bond acceptors (Lipinski definition) is 5. The van der Waals surface area contributed by atoms with Crippen LogP contribution in [-0.4, -0.2) is 26.9 Å².